The van der Waals surface area contributed by atoms with E-state index in [0.29, 0.717) is 18.4 Å². The molecule has 5 heteroatoms. The Bertz CT molecular complexity index is 889. The molecule has 0 unspecified atom stereocenters. The van der Waals surface area contributed by atoms with Crippen LogP contribution >= 0.6 is 0 Å². The van der Waals surface area contributed by atoms with E-state index >= 15 is 0 Å². The minimum absolute atomic E-state index is 0.155. The monoisotopic (exact) mass is 392 g/mol. The number of aromatic nitrogens is 1. The minimum Gasteiger partial charge on any atom is -0.371 e. The van der Waals surface area contributed by atoms with Gasteiger partial charge >= 0.3 is 0 Å². The van der Waals surface area contributed by atoms with Gasteiger partial charge in [-0.2, -0.15) is 0 Å². The number of amides is 1. The average molecular weight is 393 g/mol. The standard InChI is InChI=1S/C24H32N4O/c1-16-8-6-7-9-21(16)24-22-14-27(20-10-17(2)25-18(3)11-20)12-19(22)13-28(24)23(29)15-26(4)5/h6-11,19,22,24H,12-15H2,1-5H3/t19-,22-,24+/m1/s1. The first-order chi connectivity index (χ1) is 13.8. The molecule has 29 heavy (non-hydrogen) atoms. The second-order valence-corrected chi connectivity index (χ2v) is 9.02. The maximum absolute atomic E-state index is 13.1. The summed E-state index contributed by atoms with van der Waals surface area (Å²) in [5.41, 5.74) is 5.97. The summed E-state index contributed by atoms with van der Waals surface area (Å²) >= 11 is 0. The van der Waals surface area contributed by atoms with Crippen molar-refractivity contribution < 1.29 is 4.79 Å². The number of hydrogen-bond acceptors (Lipinski definition) is 4. The fourth-order valence-electron chi connectivity index (χ4n) is 5.19. The van der Waals surface area contributed by atoms with Crippen LogP contribution in [0.1, 0.15) is 28.6 Å². The normalized spacial score (nSPS) is 23.7. The van der Waals surface area contributed by atoms with Gasteiger partial charge in [-0.15, -0.1) is 0 Å². The Balaban J connectivity index is 1.65. The summed E-state index contributed by atoms with van der Waals surface area (Å²) in [4.78, 5) is 24.2. The molecule has 2 aliphatic rings. The third kappa shape index (κ3) is 3.88. The zero-order valence-corrected chi connectivity index (χ0v) is 18.2. The van der Waals surface area contributed by atoms with Crippen molar-refractivity contribution >= 4 is 11.6 Å². The predicted molar refractivity (Wildman–Crippen MR) is 117 cm³/mol. The number of rotatable bonds is 4. The second kappa shape index (κ2) is 7.79. The maximum Gasteiger partial charge on any atom is 0.237 e. The van der Waals surface area contributed by atoms with Crippen molar-refractivity contribution in [3.63, 3.8) is 0 Å². The molecule has 1 aromatic carbocycles. The van der Waals surface area contributed by atoms with E-state index in [0.717, 1.165) is 31.0 Å². The molecule has 0 spiro atoms. The van der Waals surface area contributed by atoms with E-state index in [1.807, 2.05) is 19.0 Å². The number of aryl methyl sites for hydroxylation is 3. The van der Waals surface area contributed by atoms with E-state index in [1.54, 1.807) is 0 Å². The van der Waals surface area contributed by atoms with Crippen LogP contribution in [0.25, 0.3) is 0 Å². The number of hydrogen-bond donors (Lipinski definition) is 0. The van der Waals surface area contributed by atoms with E-state index in [1.165, 1.54) is 16.8 Å². The van der Waals surface area contributed by atoms with E-state index in [2.05, 4.69) is 72.0 Å². The lowest BCUT2D eigenvalue weighted by molar-refractivity contribution is -0.133. The first-order valence-corrected chi connectivity index (χ1v) is 10.5. The molecule has 4 rings (SSSR count). The highest BCUT2D eigenvalue weighted by Gasteiger charge is 2.49. The third-order valence-electron chi connectivity index (χ3n) is 6.37. The zero-order chi connectivity index (χ0) is 20.7. The van der Waals surface area contributed by atoms with E-state index in [9.17, 15) is 4.79 Å². The molecule has 0 bridgehead atoms. The number of likely N-dealkylation sites (N-methyl/N-ethyl adjacent to an activating group) is 1. The number of pyridine rings is 1. The van der Waals surface area contributed by atoms with Crippen molar-refractivity contribution in [3.8, 4) is 0 Å². The summed E-state index contributed by atoms with van der Waals surface area (Å²) in [6.45, 7) is 9.58. The van der Waals surface area contributed by atoms with Gasteiger partial charge in [-0.05, 0) is 58.1 Å². The van der Waals surface area contributed by atoms with Gasteiger partial charge in [0.15, 0.2) is 0 Å². The van der Waals surface area contributed by atoms with Gasteiger partial charge in [0.1, 0.15) is 0 Å². The van der Waals surface area contributed by atoms with Crippen LogP contribution in [0.2, 0.25) is 0 Å². The fourth-order valence-corrected chi connectivity index (χ4v) is 5.19. The van der Waals surface area contributed by atoms with Gasteiger partial charge in [0, 0.05) is 48.5 Å². The fraction of sp³-hybridized carbons (Fsp3) is 0.500. The number of likely N-dealkylation sites (tertiary alicyclic amines) is 1. The van der Waals surface area contributed by atoms with Crippen LogP contribution in [-0.2, 0) is 4.79 Å². The predicted octanol–water partition coefficient (Wildman–Crippen LogP) is 3.20. The van der Waals surface area contributed by atoms with Crippen LogP contribution in [0.3, 0.4) is 0 Å². The number of benzene rings is 1. The highest BCUT2D eigenvalue weighted by atomic mass is 16.2. The Morgan fingerprint density at radius 3 is 2.41 bits per heavy atom. The Morgan fingerprint density at radius 2 is 1.76 bits per heavy atom. The lowest BCUT2D eigenvalue weighted by Crippen LogP contribution is -2.40. The number of fused-ring (bicyclic) bond motifs is 1. The van der Waals surface area contributed by atoms with Crippen molar-refractivity contribution in [2.24, 2.45) is 11.8 Å². The van der Waals surface area contributed by atoms with E-state index < -0.39 is 0 Å². The molecule has 2 aromatic rings. The molecule has 0 saturated carbocycles. The van der Waals surface area contributed by atoms with Crippen molar-refractivity contribution in [1.82, 2.24) is 14.8 Å². The quantitative estimate of drug-likeness (QED) is 0.801. The first kappa shape index (κ1) is 19.9. The Labute approximate surface area is 174 Å². The van der Waals surface area contributed by atoms with Crippen LogP contribution in [0, 0.1) is 32.6 Å². The number of carbonyl (C=O) groups excluding carboxylic acids is 1. The molecule has 5 nitrogen and oxygen atoms in total. The summed E-state index contributed by atoms with van der Waals surface area (Å²) < 4.78 is 0. The van der Waals surface area contributed by atoms with Crippen molar-refractivity contribution in [1.29, 1.82) is 0 Å². The van der Waals surface area contributed by atoms with E-state index in [-0.39, 0.29) is 11.9 Å². The van der Waals surface area contributed by atoms with Gasteiger partial charge in [0.05, 0.1) is 12.6 Å². The molecule has 154 valence electrons. The van der Waals surface area contributed by atoms with Gasteiger partial charge in [-0.25, -0.2) is 0 Å². The minimum atomic E-state index is 0.155. The third-order valence-corrected chi connectivity index (χ3v) is 6.37. The van der Waals surface area contributed by atoms with Crippen LogP contribution in [0.5, 0.6) is 0 Å². The summed E-state index contributed by atoms with van der Waals surface area (Å²) in [6.07, 6.45) is 0. The van der Waals surface area contributed by atoms with Crippen LogP contribution < -0.4 is 4.90 Å². The van der Waals surface area contributed by atoms with E-state index in [4.69, 9.17) is 0 Å². The highest BCUT2D eigenvalue weighted by molar-refractivity contribution is 5.79. The maximum atomic E-state index is 13.1. The molecule has 3 atom stereocenters. The van der Waals surface area contributed by atoms with Gasteiger partial charge in [0.2, 0.25) is 5.91 Å². The molecule has 2 aliphatic heterocycles. The summed E-state index contributed by atoms with van der Waals surface area (Å²) in [5, 5.41) is 0. The van der Waals surface area contributed by atoms with Crippen molar-refractivity contribution in [3.05, 3.63) is 58.9 Å². The molecule has 1 aromatic heterocycles. The highest BCUT2D eigenvalue weighted by Crippen LogP contribution is 2.46. The summed E-state index contributed by atoms with van der Waals surface area (Å²) in [6, 6.07) is 13.1. The Morgan fingerprint density at radius 1 is 1.07 bits per heavy atom. The molecule has 3 heterocycles. The molecule has 2 saturated heterocycles. The average Bonchev–Trinajstić information content (AvgIpc) is 3.19. The lowest BCUT2D eigenvalue weighted by Gasteiger charge is -2.32. The van der Waals surface area contributed by atoms with Crippen LogP contribution in [-0.4, -0.2) is 61.0 Å². The Hall–Kier alpha value is -2.40. The molecule has 1 amide bonds. The SMILES string of the molecule is Cc1cc(N2C[C@@H]3CN(C(=O)CN(C)C)[C@@H](c4ccccc4C)[C@@H]3C2)cc(C)n1. The smallest absolute Gasteiger partial charge is 0.237 e. The molecule has 2 fully saturated rings. The molecule has 0 aliphatic carbocycles. The van der Waals surface area contributed by atoms with Crippen molar-refractivity contribution in [2.45, 2.75) is 26.8 Å². The van der Waals surface area contributed by atoms with Crippen LogP contribution in [0.15, 0.2) is 36.4 Å². The van der Waals surface area contributed by atoms with Gasteiger partial charge in [-0.3, -0.25) is 9.78 Å². The number of nitrogens with zero attached hydrogens (tertiary/aromatic N) is 4. The summed E-state index contributed by atoms with van der Waals surface area (Å²) in [5.74, 6) is 1.19. The van der Waals surface area contributed by atoms with Gasteiger partial charge in [0.25, 0.3) is 0 Å². The van der Waals surface area contributed by atoms with Gasteiger partial charge < -0.3 is 14.7 Å². The molecule has 0 radical (unpaired) electrons. The lowest BCUT2D eigenvalue weighted by atomic mass is 9.87. The molecular formula is C24H32N4O. The largest absolute Gasteiger partial charge is 0.371 e. The molecule has 0 N–H and O–H groups in total. The van der Waals surface area contributed by atoms with Gasteiger partial charge in [-0.1, -0.05) is 24.3 Å². The summed E-state index contributed by atoms with van der Waals surface area (Å²) in [7, 11) is 3.93. The topological polar surface area (TPSA) is 39.7 Å². The number of carbonyl (C=O) groups is 1. The molecular weight excluding hydrogens is 360 g/mol. The Kier molecular flexibility index (Phi) is 5.34. The van der Waals surface area contributed by atoms with Crippen LogP contribution in [0.4, 0.5) is 5.69 Å². The zero-order valence-electron chi connectivity index (χ0n) is 18.2. The number of anilines is 1. The van der Waals surface area contributed by atoms with Crippen molar-refractivity contribution in [2.75, 3.05) is 45.2 Å². The second-order valence-electron chi connectivity index (χ2n) is 9.02. The first-order valence-electron chi connectivity index (χ1n) is 10.5.